The fourth-order valence-corrected chi connectivity index (χ4v) is 4.16. The van der Waals surface area contributed by atoms with Gasteiger partial charge in [-0.2, -0.15) is 0 Å². The van der Waals surface area contributed by atoms with Gasteiger partial charge in [-0.3, -0.25) is 9.78 Å². The minimum atomic E-state index is -0.290. The van der Waals surface area contributed by atoms with Gasteiger partial charge in [-0.1, -0.05) is 48.5 Å². The third-order valence-electron chi connectivity index (χ3n) is 5.93. The van der Waals surface area contributed by atoms with Crippen LogP contribution in [0, 0.1) is 0 Å². The average Bonchev–Trinajstić information content (AvgIpc) is 2.81. The first kappa shape index (κ1) is 22.0. The van der Waals surface area contributed by atoms with Crippen LogP contribution < -0.4 is 4.74 Å². The third-order valence-corrected chi connectivity index (χ3v) is 5.93. The second-order valence-corrected chi connectivity index (χ2v) is 8.13. The molecular weight excluding hydrogens is 402 g/mol. The van der Waals surface area contributed by atoms with Gasteiger partial charge in [0.15, 0.2) is 0 Å². The number of carbonyl (C=O) groups is 1. The number of carbonyl (C=O) groups excluding carboxylic acids is 1. The van der Waals surface area contributed by atoms with Crippen molar-refractivity contribution in [1.82, 2.24) is 4.98 Å². The molecule has 0 saturated carbocycles. The third kappa shape index (κ3) is 5.17. The van der Waals surface area contributed by atoms with Crippen LogP contribution in [-0.4, -0.2) is 37.4 Å². The summed E-state index contributed by atoms with van der Waals surface area (Å²) in [4.78, 5) is 16.6. The van der Waals surface area contributed by atoms with Gasteiger partial charge in [0, 0.05) is 17.8 Å². The summed E-state index contributed by atoms with van der Waals surface area (Å²) < 4.78 is 16.6. The Balaban J connectivity index is 1.39. The second-order valence-electron chi connectivity index (χ2n) is 8.13. The van der Waals surface area contributed by atoms with Crippen molar-refractivity contribution in [3.05, 3.63) is 95.8 Å². The molecule has 1 unspecified atom stereocenters. The molecule has 32 heavy (non-hydrogen) atoms. The van der Waals surface area contributed by atoms with Gasteiger partial charge in [0.1, 0.15) is 5.75 Å². The molecule has 1 aliphatic rings. The van der Waals surface area contributed by atoms with Crippen molar-refractivity contribution in [3.63, 3.8) is 0 Å². The molecule has 1 aliphatic heterocycles. The first-order valence-corrected chi connectivity index (χ1v) is 11.1. The van der Waals surface area contributed by atoms with Gasteiger partial charge in [0.05, 0.1) is 38.3 Å². The van der Waals surface area contributed by atoms with Crippen LogP contribution >= 0.6 is 0 Å². The zero-order valence-corrected chi connectivity index (χ0v) is 18.4. The molecule has 4 rings (SSSR count). The molecule has 0 bridgehead atoms. The quantitative estimate of drug-likeness (QED) is 0.427. The lowest BCUT2D eigenvalue weighted by molar-refractivity contribution is -0.151. The fourth-order valence-electron chi connectivity index (χ4n) is 4.16. The van der Waals surface area contributed by atoms with E-state index in [2.05, 4.69) is 35.3 Å². The van der Waals surface area contributed by atoms with Gasteiger partial charge in [0.25, 0.3) is 0 Å². The number of benzene rings is 2. The number of hydrogen-bond acceptors (Lipinski definition) is 5. The Bertz CT molecular complexity index is 946. The van der Waals surface area contributed by atoms with E-state index in [0.29, 0.717) is 32.8 Å². The molecule has 5 nitrogen and oxygen atoms in total. The molecule has 1 fully saturated rings. The molecule has 1 atom stereocenters. The normalized spacial score (nSPS) is 15.4. The summed E-state index contributed by atoms with van der Waals surface area (Å²) in [6.07, 6.45) is 2.99. The van der Waals surface area contributed by atoms with Crippen molar-refractivity contribution in [2.75, 3.05) is 26.4 Å². The molecule has 1 saturated heterocycles. The van der Waals surface area contributed by atoms with E-state index in [1.165, 1.54) is 5.56 Å². The summed E-state index contributed by atoms with van der Waals surface area (Å²) in [5.41, 5.74) is 3.07. The summed E-state index contributed by atoms with van der Waals surface area (Å²) in [7, 11) is 0. The minimum absolute atomic E-state index is 0.177. The molecule has 0 radical (unpaired) electrons. The van der Waals surface area contributed by atoms with E-state index in [1.807, 2.05) is 55.6 Å². The van der Waals surface area contributed by atoms with Gasteiger partial charge >= 0.3 is 5.97 Å². The number of pyridine rings is 1. The van der Waals surface area contributed by atoms with E-state index in [-0.39, 0.29) is 17.3 Å². The van der Waals surface area contributed by atoms with E-state index >= 15 is 0 Å². The maximum atomic E-state index is 12.0. The highest BCUT2D eigenvalue weighted by Gasteiger charge is 2.42. The largest absolute Gasteiger partial charge is 0.494 e. The lowest BCUT2D eigenvalue weighted by atomic mass is 9.76. The molecule has 0 N–H and O–H groups in total. The van der Waals surface area contributed by atoms with Crippen LogP contribution in [-0.2, 0) is 19.7 Å². The van der Waals surface area contributed by atoms with Crippen LogP contribution in [0.4, 0.5) is 0 Å². The summed E-state index contributed by atoms with van der Waals surface area (Å²) in [5.74, 6) is 0.808. The Morgan fingerprint density at radius 1 is 1.03 bits per heavy atom. The molecule has 0 amide bonds. The van der Waals surface area contributed by atoms with Crippen molar-refractivity contribution in [3.8, 4) is 5.75 Å². The molecule has 1 aromatic heterocycles. The Morgan fingerprint density at radius 3 is 2.41 bits per heavy atom. The standard InChI is InChI=1S/C27H29NO4/c1-2-31-26(29)18-27(19-30-20-27)22-11-13-23(14-12-22)32-17-15-24(21-8-4-3-5-9-21)25-10-6-7-16-28-25/h3-14,16,24H,2,15,17-20H2,1H3. The minimum Gasteiger partial charge on any atom is -0.494 e. The Morgan fingerprint density at radius 2 is 1.78 bits per heavy atom. The molecule has 3 aromatic rings. The number of aromatic nitrogens is 1. The topological polar surface area (TPSA) is 57.7 Å². The lowest BCUT2D eigenvalue weighted by Crippen LogP contribution is -2.48. The van der Waals surface area contributed by atoms with Crippen LogP contribution in [0.5, 0.6) is 5.75 Å². The van der Waals surface area contributed by atoms with Crippen molar-refractivity contribution >= 4 is 5.97 Å². The van der Waals surface area contributed by atoms with Crippen LogP contribution in [0.25, 0.3) is 0 Å². The number of esters is 1. The van der Waals surface area contributed by atoms with Crippen molar-refractivity contribution in [1.29, 1.82) is 0 Å². The highest BCUT2D eigenvalue weighted by molar-refractivity contribution is 5.72. The van der Waals surface area contributed by atoms with Gasteiger partial charge in [-0.15, -0.1) is 0 Å². The molecular formula is C27H29NO4. The van der Waals surface area contributed by atoms with Gasteiger partial charge in [-0.05, 0) is 48.7 Å². The van der Waals surface area contributed by atoms with E-state index in [1.54, 1.807) is 0 Å². The van der Waals surface area contributed by atoms with Crippen LogP contribution in [0.1, 0.15) is 42.5 Å². The molecule has 5 heteroatoms. The molecule has 2 aromatic carbocycles. The van der Waals surface area contributed by atoms with Crippen molar-refractivity contribution in [2.45, 2.75) is 31.1 Å². The highest BCUT2D eigenvalue weighted by atomic mass is 16.5. The molecule has 0 spiro atoms. The SMILES string of the molecule is CCOC(=O)CC1(c2ccc(OCCC(c3ccccc3)c3ccccn3)cc2)COC1. The van der Waals surface area contributed by atoms with E-state index in [4.69, 9.17) is 14.2 Å². The number of hydrogen-bond donors (Lipinski definition) is 0. The van der Waals surface area contributed by atoms with Gasteiger partial charge in [0.2, 0.25) is 0 Å². The summed E-state index contributed by atoms with van der Waals surface area (Å²) in [6.45, 7) is 3.87. The van der Waals surface area contributed by atoms with Gasteiger partial charge in [-0.25, -0.2) is 0 Å². The van der Waals surface area contributed by atoms with E-state index < -0.39 is 0 Å². The van der Waals surface area contributed by atoms with Crippen molar-refractivity contribution < 1.29 is 19.0 Å². The lowest BCUT2D eigenvalue weighted by Gasteiger charge is -2.41. The van der Waals surface area contributed by atoms with E-state index in [0.717, 1.165) is 23.4 Å². The van der Waals surface area contributed by atoms with E-state index in [9.17, 15) is 4.79 Å². The Labute approximate surface area is 189 Å². The Kier molecular flexibility index (Phi) is 7.17. The summed E-state index contributed by atoms with van der Waals surface area (Å²) in [5, 5.41) is 0. The Hall–Kier alpha value is -3.18. The van der Waals surface area contributed by atoms with Crippen LogP contribution in [0.15, 0.2) is 79.0 Å². The fraction of sp³-hybridized carbons (Fsp3) is 0.333. The smallest absolute Gasteiger partial charge is 0.306 e. The highest BCUT2D eigenvalue weighted by Crippen LogP contribution is 2.37. The average molecular weight is 432 g/mol. The first-order chi connectivity index (χ1) is 15.7. The summed E-state index contributed by atoms with van der Waals surface area (Å²) in [6, 6.07) is 24.4. The molecule has 166 valence electrons. The predicted octanol–water partition coefficient (Wildman–Crippen LogP) is 4.90. The monoisotopic (exact) mass is 431 g/mol. The van der Waals surface area contributed by atoms with Crippen molar-refractivity contribution in [2.24, 2.45) is 0 Å². The molecule has 2 heterocycles. The van der Waals surface area contributed by atoms with Crippen LogP contribution in [0.2, 0.25) is 0 Å². The number of ether oxygens (including phenoxy) is 3. The number of rotatable bonds is 10. The maximum Gasteiger partial charge on any atom is 0.306 e. The number of nitrogens with zero attached hydrogens (tertiary/aromatic N) is 1. The zero-order chi connectivity index (χ0) is 22.2. The predicted molar refractivity (Wildman–Crippen MR) is 123 cm³/mol. The van der Waals surface area contributed by atoms with Gasteiger partial charge < -0.3 is 14.2 Å². The second kappa shape index (κ2) is 10.4. The molecule has 0 aliphatic carbocycles. The maximum absolute atomic E-state index is 12.0. The van der Waals surface area contributed by atoms with Crippen LogP contribution in [0.3, 0.4) is 0 Å². The summed E-state index contributed by atoms with van der Waals surface area (Å²) >= 11 is 0. The zero-order valence-electron chi connectivity index (χ0n) is 18.4. The first-order valence-electron chi connectivity index (χ1n) is 11.1.